The summed E-state index contributed by atoms with van der Waals surface area (Å²) in [6, 6.07) is 6.30. The van der Waals surface area contributed by atoms with Gasteiger partial charge >= 0.3 is 0 Å². The SMILES string of the molecule is NC(CO)C(=O)Nc1ccccc1Br. The van der Waals surface area contributed by atoms with E-state index >= 15 is 0 Å². The third-order valence-corrected chi connectivity index (χ3v) is 2.36. The molecule has 0 saturated carbocycles. The Kier molecular flexibility index (Phi) is 4.06. The molecule has 1 aromatic carbocycles. The summed E-state index contributed by atoms with van der Waals surface area (Å²) in [5, 5.41) is 11.2. The zero-order valence-corrected chi connectivity index (χ0v) is 8.99. The summed E-state index contributed by atoms with van der Waals surface area (Å²) in [5.41, 5.74) is 5.98. The highest BCUT2D eigenvalue weighted by atomic mass is 79.9. The maximum atomic E-state index is 11.3. The fraction of sp³-hybridized carbons (Fsp3) is 0.222. The van der Waals surface area contributed by atoms with E-state index in [0.717, 1.165) is 4.47 Å². The molecule has 1 amide bonds. The van der Waals surface area contributed by atoms with Gasteiger partial charge in [-0.05, 0) is 28.1 Å². The molecule has 0 spiro atoms. The van der Waals surface area contributed by atoms with Crippen LogP contribution in [0.5, 0.6) is 0 Å². The molecule has 1 aromatic rings. The van der Waals surface area contributed by atoms with Gasteiger partial charge in [0, 0.05) is 4.47 Å². The van der Waals surface area contributed by atoms with Gasteiger partial charge in [0.15, 0.2) is 0 Å². The summed E-state index contributed by atoms with van der Waals surface area (Å²) in [5.74, 6) is -0.403. The fourth-order valence-corrected chi connectivity index (χ4v) is 1.25. The maximum absolute atomic E-state index is 11.3. The van der Waals surface area contributed by atoms with Crippen molar-refractivity contribution in [2.45, 2.75) is 6.04 Å². The van der Waals surface area contributed by atoms with Gasteiger partial charge in [-0.25, -0.2) is 0 Å². The van der Waals surface area contributed by atoms with Gasteiger partial charge < -0.3 is 16.2 Å². The Morgan fingerprint density at radius 2 is 2.21 bits per heavy atom. The van der Waals surface area contributed by atoms with E-state index in [2.05, 4.69) is 21.2 Å². The number of hydrogen-bond donors (Lipinski definition) is 3. The summed E-state index contributed by atoms with van der Waals surface area (Å²) in [7, 11) is 0. The molecule has 0 aliphatic carbocycles. The summed E-state index contributed by atoms with van der Waals surface area (Å²) >= 11 is 3.28. The molecule has 0 bridgehead atoms. The van der Waals surface area contributed by atoms with Gasteiger partial charge in [-0.3, -0.25) is 4.79 Å². The Hall–Kier alpha value is -0.910. The smallest absolute Gasteiger partial charge is 0.243 e. The average molecular weight is 259 g/mol. The molecular weight excluding hydrogens is 248 g/mol. The van der Waals surface area contributed by atoms with Crippen LogP contribution in [0.15, 0.2) is 28.7 Å². The third kappa shape index (κ3) is 2.80. The lowest BCUT2D eigenvalue weighted by Crippen LogP contribution is -2.38. The largest absolute Gasteiger partial charge is 0.394 e. The topological polar surface area (TPSA) is 75.3 Å². The normalized spacial score (nSPS) is 12.2. The lowest BCUT2D eigenvalue weighted by molar-refractivity contribution is -0.118. The first kappa shape index (κ1) is 11.2. The number of carbonyl (C=O) groups is 1. The molecule has 0 aliphatic rings. The Balaban J connectivity index is 2.70. The van der Waals surface area contributed by atoms with Crippen molar-refractivity contribution >= 4 is 27.5 Å². The molecule has 76 valence electrons. The van der Waals surface area contributed by atoms with Crippen LogP contribution in [0.25, 0.3) is 0 Å². The molecule has 0 saturated heterocycles. The molecule has 1 rings (SSSR count). The Labute approximate surface area is 90.2 Å². The molecule has 5 heteroatoms. The minimum Gasteiger partial charge on any atom is -0.394 e. The number of para-hydroxylation sites is 1. The van der Waals surface area contributed by atoms with Crippen molar-refractivity contribution in [3.8, 4) is 0 Å². The second-order valence-corrected chi connectivity index (χ2v) is 3.61. The molecular formula is C9H11BrN2O2. The van der Waals surface area contributed by atoms with E-state index in [-0.39, 0.29) is 6.61 Å². The monoisotopic (exact) mass is 258 g/mol. The van der Waals surface area contributed by atoms with Crippen LogP contribution in [0.4, 0.5) is 5.69 Å². The first-order chi connectivity index (χ1) is 6.65. The molecule has 1 unspecified atom stereocenters. The van der Waals surface area contributed by atoms with E-state index in [0.29, 0.717) is 5.69 Å². The van der Waals surface area contributed by atoms with Crippen LogP contribution in [-0.4, -0.2) is 23.7 Å². The van der Waals surface area contributed by atoms with E-state index in [1.165, 1.54) is 0 Å². The van der Waals surface area contributed by atoms with Crippen molar-refractivity contribution in [3.05, 3.63) is 28.7 Å². The molecule has 0 aromatic heterocycles. The number of hydrogen-bond acceptors (Lipinski definition) is 3. The number of rotatable bonds is 3. The van der Waals surface area contributed by atoms with Crippen molar-refractivity contribution in [2.24, 2.45) is 5.73 Å². The summed E-state index contributed by atoms with van der Waals surface area (Å²) in [6.07, 6.45) is 0. The predicted octanol–water partition coefficient (Wildman–Crippen LogP) is 0.707. The van der Waals surface area contributed by atoms with E-state index in [9.17, 15) is 4.79 Å². The van der Waals surface area contributed by atoms with Gasteiger partial charge in [0.25, 0.3) is 0 Å². The first-order valence-electron chi connectivity index (χ1n) is 4.07. The lowest BCUT2D eigenvalue weighted by atomic mass is 10.2. The first-order valence-corrected chi connectivity index (χ1v) is 4.86. The quantitative estimate of drug-likeness (QED) is 0.748. The highest BCUT2D eigenvalue weighted by Crippen LogP contribution is 2.20. The highest BCUT2D eigenvalue weighted by molar-refractivity contribution is 9.10. The third-order valence-electron chi connectivity index (χ3n) is 1.67. The van der Waals surface area contributed by atoms with Crippen molar-refractivity contribution < 1.29 is 9.90 Å². The van der Waals surface area contributed by atoms with Gasteiger partial charge in [0.05, 0.1) is 12.3 Å². The van der Waals surface area contributed by atoms with E-state index < -0.39 is 11.9 Å². The maximum Gasteiger partial charge on any atom is 0.243 e. The average Bonchev–Trinajstić information content (AvgIpc) is 2.20. The number of carbonyl (C=O) groups excluding carboxylic acids is 1. The number of aliphatic hydroxyl groups is 1. The number of nitrogens with one attached hydrogen (secondary N) is 1. The van der Waals surface area contributed by atoms with Gasteiger partial charge in [-0.2, -0.15) is 0 Å². The summed E-state index contributed by atoms with van der Waals surface area (Å²) in [4.78, 5) is 11.3. The molecule has 0 radical (unpaired) electrons. The van der Waals surface area contributed by atoms with Crippen LogP contribution in [0.1, 0.15) is 0 Å². The zero-order chi connectivity index (χ0) is 10.6. The number of nitrogens with two attached hydrogens (primary N) is 1. The van der Waals surface area contributed by atoms with Crippen LogP contribution in [0, 0.1) is 0 Å². The second kappa shape index (κ2) is 5.09. The number of amides is 1. The number of aliphatic hydroxyl groups excluding tert-OH is 1. The lowest BCUT2D eigenvalue weighted by Gasteiger charge is -2.10. The van der Waals surface area contributed by atoms with Crippen molar-refractivity contribution in [2.75, 3.05) is 11.9 Å². The van der Waals surface area contributed by atoms with Crippen LogP contribution >= 0.6 is 15.9 Å². The van der Waals surface area contributed by atoms with Crippen molar-refractivity contribution in [3.63, 3.8) is 0 Å². The minimum atomic E-state index is -0.887. The van der Waals surface area contributed by atoms with Gasteiger partial charge in [0.1, 0.15) is 6.04 Å². The number of anilines is 1. The molecule has 0 heterocycles. The van der Waals surface area contributed by atoms with Crippen LogP contribution in [-0.2, 0) is 4.79 Å². The van der Waals surface area contributed by atoms with Crippen LogP contribution in [0.3, 0.4) is 0 Å². The van der Waals surface area contributed by atoms with Crippen LogP contribution < -0.4 is 11.1 Å². The molecule has 4 nitrogen and oxygen atoms in total. The van der Waals surface area contributed by atoms with E-state index in [1.54, 1.807) is 18.2 Å². The van der Waals surface area contributed by atoms with Crippen LogP contribution in [0.2, 0.25) is 0 Å². The van der Waals surface area contributed by atoms with Crippen molar-refractivity contribution in [1.82, 2.24) is 0 Å². The molecule has 1 atom stereocenters. The number of halogens is 1. The fourth-order valence-electron chi connectivity index (χ4n) is 0.871. The highest BCUT2D eigenvalue weighted by Gasteiger charge is 2.12. The Morgan fingerprint density at radius 3 is 2.79 bits per heavy atom. The summed E-state index contributed by atoms with van der Waals surface area (Å²) in [6.45, 7) is -0.365. The molecule has 4 N–H and O–H groups in total. The molecule has 0 aliphatic heterocycles. The predicted molar refractivity (Wildman–Crippen MR) is 57.8 cm³/mol. The molecule has 14 heavy (non-hydrogen) atoms. The van der Waals surface area contributed by atoms with Gasteiger partial charge in [-0.15, -0.1) is 0 Å². The van der Waals surface area contributed by atoms with Crippen molar-refractivity contribution in [1.29, 1.82) is 0 Å². The van der Waals surface area contributed by atoms with Gasteiger partial charge in [-0.1, -0.05) is 12.1 Å². The standard InChI is InChI=1S/C9H11BrN2O2/c10-6-3-1-2-4-8(6)12-9(14)7(11)5-13/h1-4,7,13H,5,11H2,(H,12,14). The molecule has 0 fully saturated rings. The second-order valence-electron chi connectivity index (χ2n) is 2.76. The van der Waals surface area contributed by atoms with E-state index in [4.69, 9.17) is 10.8 Å². The Morgan fingerprint density at radius 1 is 1.57 bits per heavy atom. The minimum absolute atomic E-state index is 0.365. The van der Waals surface area contributed by atoms with Gasteiger partial charge in [0.2, 0.25) is 5.91 Å². The summed E-state index contributed by atoms with van der Waals surface area (Å²) < 4.78 is 0.776. The Bertz CT molecular complexity index is 330. The van der Waals surface area contributed by atoms with E-state index in [1.807, 2.05) is 6.07 Å². The zero-order valence-electron chi connectivity index (χ0n) is 7.40. The number of benzene rings is 1.